The predicted molar refractivity (Wildman–Crippen MR) is 115 cm³/mol. The first-order valence-corrected chi connectivity index (χ1v) is 10.7. The molecule has 2 saturated heterocycles. The molecule has 160 valence electrons. The second kappa shape index (κ2) is 7.88. The SMILES string of the molecule is CN1CCCN(c2cc3nc(-c4nn(C5CCCCO5)cc4N)[nH]c3cc2F)CC1. The first-order valence-electron chi connectivity index (χ1n) is 10.7. The lowest BCUT2D eigenvalue weighted by molar-refractivity contribution is -0.0393. The number of ether oxygens (including phenoxy) is 1. The number of nitrogens with one attached hydrogen (secondary N) is 1. The number of likely N-dealkylation sites (N-methyl/N-ethyl adjacent to an activating group) is 1. The minimum absolute atomic E-state index is 0.0932. The smallest absolute Gasteiger partial charge is 0.161 e. The highest BCUT2D eigenvalue weighted by Gasteiger charge is 2.22. The largest absolute Gasteiger partial charge is 0.396 e. The van der Waals surface area contributed by atoms with E-state index >= 15 is 0 Å². The summed E-state index contributed by atoms with van der Waals surface area (Å²) < 4.78 is 22.5. The number of hydrogen-bond donors (Lipinski definition) is 2. The van der Waals surface area contributed by atoms with Gasteiger partial charge in [0.05, 0.1) is 28.6 Å². The lowest BCUT2D eigenvalue weighted by Crippen LogP contribution is -2.29. The number of benzene rings is 1. The molecule has 8 nitrogen and oxygen atoms in total. The molecule has 30 heavy (non-hydrogen) atoms. The summed E-state index contributed by atoms with van der Waals surface area (Å²) in [6.07, 6.45) is 5.81. The number of H-pyrrole nitrogens is 1. The number of anilines is 2. The molecule has 0 spiro atoms. The maximum Gasteiger partial charge on any atom is 0.161 e. The molecule has 5 rings (SSSR count). The first-order chi connectivity index (χ1) is 14.6. The lowest BCUT2D eigenvalue weighted by Gasteiger charge is -2.23. The predicted octanol–water partition coefficient (Wildman–Crippen LogP) is 2.99. The van der Waals surface area contributed by atoms with Gasteiger partial charge in [-0.05, 0) is 45.3 Å². The molecule has 2 aromatic heterocycles. The lowest BCUT2D eigenvalue weighted by atomic mass is 10.2. The van der Waals surface area contributed by atoms with Crippen LogP contribution in [0.3, 0.4) is 0 Å². The Kier molecular flexibility index (Phi) is 5.08. The van der Waals surface area contributed by atoms with Crippen molar-refractivity contribution in [1.82, 2.24) is 24.6 Å². The highest BCUT2D eigenvalue weighted by atomic mass is 19.1. The summed E-state index contributed by atoms with van der Waals surface area (Å²) in [5, 5.41) is 4.62. The molecule has 0 aliphatic carbocycles. The highest BCUT2D eigenvalue weighted by molar-refractivity contribution is 5.84. The Morgan fingerprint density at radius 1 is 1.17 bits per heavy atom. The van der Waals surface area contributed by atoms with E-state index < -0.39 is 0 Å². The van der Waals surface area contributed by atoms with Crippen LogP contribution < -0.4 is 10.6 Å². The van der Waals surface area contributed by atoms with Crippen LogP contribution in [0.15, 0.2) is 18.3 Å². The average Bonchev–Trinajstić information content (AvgIpc) is 3.26. The van der Waals surface area contributed by atoms with Crippen molar-refractivity contribution in [3.05, 3.63) is 24.1 Å². The first kappa shape index (κ1) is 19.3. The zero-order valence-electron chi connectivity index (χ0n) is 17.3. The van der Waals surface area contributed by atoms with Crippen LogP contribution in [0.1, 0.15) is 31.9 Å². The van der Waals surface area contributed by atoms with Crippen molar-refractivity contribution in [2.75, 3.05) is 50.5 Å². The topological polar surface area (TPSA) is 88.2 Å². The van der Waals surface area contributed by atoms with E-state index in [1.165, 1.54) is 6.07 Å². The summed E-state index contributed by atoms with van der Waals surface area (Å²) in [5.74, 6) is 0.306. The number of halogens is 1. The van der Waals surface area contributed by atoms with Crippen LogP contribution >= 0.6 is 0 Å². The Morgan fingerprint density at radius 3 is 2.90 bits per heavy atom. The molecule has 3 aromatic rings. The maximum absolute atomic E-state index is 14.9. The summed E-state index contributed by atoms with van der Waals surface area (Å²) in [7, 11) is 2.10. The van der Waals surface area contributed by atoms with Crippen molar-refractivity contribution in [2.24, 2.45) is 0 Å². The standard InChI is InChI=1S/C21H28FN7O/c1-27-6-4-7-28(9-8-27)18-12-17-16(11-14(18)22)24-21(25-17)20-15(23)13-29(26-20)19-5-2-3-10-30-19/h11-13,19H,2-10,23H2,1H3,(H,24,25). The summed E-state index contributed by atoms with van der Waals surface area (Å²) in [4.78, 5) is 12.2. The molecular formula is C21H28FN7O. The molecule has 1 aromatic carbocycles. The van der Waals surface area contributed by atoms with Crippen LogP contribution in [0.25, 0.3) is 22.6 Å². The molecule has 9 heteroatoms. The number of nitrogens with zero attached hydrogens (tertiary/aromatic N) is 5. The monoisotopic (exact) mass is 413 g/mol. The highest BCUT2D eigenvalue weighted by Crippen LogP contribution is 2.31. The van der Waals surface area contributed by atoms with E-state index in [0.717, 1.165) is 58.5 Å². The second-order valence-electron chi connectivity index (χ2n) is 8.28. The molecule has 3 N–H and O–H groups in total. The molecule has 0 radical (unpaired) electrons. The van der Waals surface area contributed by atoms with Crippen molar-refractivity contribution in [3.8, 4) is 11.5 Å². The molecule has 2 aliphatic heterocycles. The molecule has 0 amide bonds. The number of imidazole rings is 1. The summed E-state index contributed by atoms with van der Waals surface area (Å²) in [6.45, 7) is 4.32. The van der Waals surface area contributed by atoms with E-state index in [2.05, 4.69) is 31.9 Å². The molecule has 1 atom stereocenters. The third kappa shape index (κ3) is 3.63. The Hall–Kier alpha value is -2.65. The third-order valence-corrected chi connectivity index (χ3v) is 6.05. The number of aromatic nitrogens is 4. The number of fused-ring (bicyclic) bond motifs is 1. The fourth-order valence-corrected chi connectivity index (χ4v) is 4.33. The molecule has 4 heterocycles. The zero-order valence-corrected chi connectivity index (χ0v) is 17.3. The van der Waals surface area contributed by atoms with Gasteiger partial charge in [-0.2, -0.15) is 5.10 Å². The van der Waals surface area contributed by atoms with Crippen molar-refractivity contribution in [2.45, 2.75) is 31.9 Å². The van der Waals surface area contributed by atoms with Crippen molar-refractivity contribution >= 4 is 22.4 Å². The maximum atomic E-state index is 14.9. The van der Waals surface area contributed by atoms with E-state index in [9.17, 15) is 4.39 Å². The van der Waals surface area contributed by atoms with Crippen LogP contribution in [0, 0.1) is 5.82 Å². The normalized spacial score (nSPS) is 21.3. The minimum Gasteiger partial charge on any atom is -0.396 e. The number of aromatic amines is 1. The van der Waals surface area contributed by atoms with Gasteiger partial charge in [0.15, 0.2) is 11.5 Å². The van der Waals surface area contributed by atoms with Crippen LogP contribution in [0.2, 0.25) is 0 Å². The molecule has 1 unspecified atom stereocenters. The van der Waals surface area contributed by atoms with Crippen LogP contribution in [-0.2, 0) is 4.74 Å². The third-order valence-electron chi connectivity index (χ3n) is 6.05. The summed E-state index contributed by atoms with van der Waals surface area (Å²) >= 11 is 0. The van der Waals surface area contributed by atoms with Gasteiger partial charge in [0.2, 0.25) is 0 Å². The van der Waals surface area contributed by atoms with Crippen LogP contribution in [-0.4, -0.2) is 64.5 Å². The molecule has 0 saturated carbocycles. The number of rotatable bonds is 3. The Labute approximate surface area is 174 Å². The van der Waals surface area contributed by atoms with E-state index in [0.29, 0.717) is 33.9 Å². The Balaban J connectivity index is 1.46. The van der Waals surface area contributed by atoms with Crippen LogP contribution in [0.4, 0.5) is 15.8 Å². The van der Waals surface area contributed by atoms with Gasteiger partial charge in [-0.3, -0.25) is 0 Å². The summed E-state index contributed by atoms with van der Waals surface area (Å²) in [6, 6.07) is 3.35. The van der Waals surface area contributed by atoms with Crippen molar-refractivity contribution in [3.63, 3.8) is 0 Å². The molecule has 2 fully saturated rings. The van der Waals surface area contributed by atoms with E-state index in [-0.39, 0.29) is 12.0 Å². The number of nitrogens with two attached hydrogens (primary N) is 1. The van der Waals surface area contributed by atoms with Crippen molar-refractivity contribution < 1.29 is 9.13 Å². The van der Waals surface area contributed by atoms with Gasteiger partial charge >= 0.3 is 0 Å². The second-order valence-corrected chi connectivity index (χ2v) is 8.28. The van der Waals surface area contributed by atoms with Gasteiger partial charge in [0.25, 0.3) is 0 Å². The van der Waals surface area contributed by atoms with E-state index in [1.807, 2.05) is 6.07 Å². The van der Waals surface area contributed by atoms with E-state index in [1.54, 1.807) is 10.9 Å². The number of nitrogen functional groups attached to an aromatic ring is 1. The molecule has 0 bridgehead atoms. The minimum atomic E-state index is -0.239. The zero-order chi connectivity index (χ0) is 20.7. The van der Waals surface area contributed by atoms with Crippen LogP contribution in [0.5, 0.6) is 0 Å². The van der Waals surface area contributed by atoms with Gasteiger partial charge in [0.1, 0.15) is 12.0 Å². The fraction of sp³-hybridized carbons (Fsp3) is 0.524. The van der Waals surface area contributed by atoms with E-state index in [4.69, 9.17) is 10.5 Å². The number of hydrogen-bond acceptors (Lipinski definition) is 6. The molecule has 2 aliphatic rings. The Bertz CT molecular complexity index is 1040. The van der Waals surface area contributed by atoms with Gasteiger partial charge < -0.3 is 25.3 Å². The van der Waals surface area contributed by atoms with Gasteiger partial charge in [-0.1, -0.05) is 0 Å². The average molecular weight is 414 g/mol. The Morgan fingerprint density at radius 2 is 2.07 bits per heavy atom. The van der Waals surface area contributed by atoms with Gasteiger partial charge in [-0.25, -0.2) is 14.1 Å². The summed E-state index contributed by atoms with van der Waals surface area (Å²) in [5.41, 5.74) is 9.27. The fourth-order valence-electron chi connectivity index (χ4n) is 4.33. The van der Waals surface area contributed by atoms with Gasteiger partial charge in [-0.15, -0.1) is 0 Å². The molecular weight excluding hydrogens is 385 g/mol. The van der Waals surface area contributed by atoms with Gasteiger partial charge in [0, 0.05) is 32.3 Å². The quantitative estimate of drug-likeness (QED) is 0.686. The van der Waals surface area contributed by atoms with Crippen molar-refractivity contribution in [1.29, 1.82) is 0 Å².